The quantitative estimate of drug-likeness (QED) is 0.875. The molecule has 0 unspecified atom stereocenters. The summed E-state index contributed by atoms with van der Waals surface area (Å²) in [7, 11) is -3.96. The zero-order valence-electron chi connectivity index (χ0n) is 9.70. The Morgan fingerprint density at radius 1 is 1.17 bits per heavy atom. The van der Waals surface area contributed by atoms with Crippen LogP contribution in [0, 0.1) is 11.6 Å². The number of hydrogen-bond acceptors (Lipinski definition) is 3. The Labute approximate surface area is 105 Å². The lowest BCUT2D eigenvalue weighted by Crippen LogP contribution is -2.34. The summed E-state index contributed by atoms with van der Waals surface area (Å²) in [5.74, 6) is -2.46. The molecule has 0 bridgehead atoms. The first-order chi connectivity index (χ1) is 8.53. The van der Waals surface area contributed by atoms with Gasteiger partial charge < -0.3 is 5.32 Å². The number of rotatable bonds is 2. The molecule has 0 amide bonds. The van der Waals surface area contributed by atoms with Crippen LogP contribution in [0.5, 0.6) is 0 Å². The second kappa shape index (κ2) is 5.29. The Kier molecular flexibility index (Phi) is 3.94. The van der Waals surface area contributed by atoms with Crippen molar-refractivity contribution in [1.82, 2.24) is 9.62 Å². The first-order valence-electron chi connectivity index (χ1n) is 5.68. The zero-order chi connectivity index (χ0) is 13.2. The fourth-order valence-corrected chi connectivity index (χ4v) is 3.44. The molecule has 0 spiro atoms. The van der Waals surface area contributed by atoms with Gasteiger partial charge in [-0.05, 0) is 25.1 Å². The molecule has 1 aromatic rings. The van der Waals surface area contributed by atoms with Crippen molar-refractivity contribution in [2.45, 2.75) is 11.3 Å². The van der Waals surface area contributed by atoms with Crippen molar-refractivity contribution < 1.29 is 17.2 Å². The fraction of sp³-hybridized carbons (Fsp3) is 0.455. The fourth-order valence-electron chi connectivity index (χ4n) is 1.88. The average molecular weight is 276 g/mol. The predicted molar refractivity (Wildman–Crippen MR) is 62.6 cm³/mol. The molecule has 0 aliphatic carbocycles. The number of nitrogens with zero attached hydrogens (tertiary/aromatic N) is 1. The van der Waals surface area contributed by atoms with Crippen molar-refractivity contribution in [3.63, 3.8) is 0 Å². The van der Waals surface area contributed by atoms with Crippen LogP contribution in [0.3, 0.4) is 0 Å². The van der Waals surface area contributed by atoms with Crippen LogP contribution in [0.1, 0.15) is 6.42 Å². The Hall–Kier alpha value is -1.05. The van der Waals surface area contributed by atoms with Crippen molar-refractivity contribution in [2.75, 3.05) is 26.2 Å². The number of hydrogen-bond donors (Lipinski definition) is 1. The summed E-state index contributed by atoms with van der Waals surface area (Å²) in [5.41, 5.74) is 0. The maximum atomic E-state index is 13.6. The molecule has 4 nitrogen and oxygen atoms in total. The third kappa shape index (κ3) is 2.52. The summed E-state index contributed by atoms with van der Waals surface area (Å²) in [4.78, 5) is -0.593. The maximum Gasteiger partial charge on any atom is 0.246 e. The van der Waals surface area contributed by atoms with E-state index in [1.54, 1.807) is 0 Å². The molecule has 1 saturated heterocycles. The van der Waals surface area contributed by atoms with Crippen molar-refractivity contribution in [3.05, 3.63) is 29.8 Å². The van der Waals surface area contributed by atoms with Gasteiger partial charge in [-0.15, -0.1) is 0 Å². The van der Waals surface area contributed by atoms with E-state index < -0.39 is 26.6 Å². The lowest BCUT2D eigenvalue weighted by Gasteiger charge is -2.19. The number of nitrogens with one attached hydrogen (secondary N) is 1. The molecule has 2 rings (SSSR count). The van der Waals surface area contributed by atoms with Crippen LogP contribution < -0.4 is 5.32 Å². The van der Waals surface area contributed by atoms with Crippen LogP contribution in [0.15, 0.2) is 23.1 Å². The Balaban J connectivity index is 2.38. The highest BCUT2D eigenvalue weighted by Crippen LogP contribution is 2.21. The minimum atomic E-state index is -3.96. The Morgan fingerprint density at radius 3 is 2.72 bits per heavy atom. The van der Waals surface area contributed by atoms with Crippen LogP contribution >= 0.6 is 0 Å². The second-order valence-electron chi connectivity index (χ2n) is 4.06. The van der Waals surface area contributed by atoms with Gasteiger partial charge >= 0.3 is 0 Å². The second-order valence-corrected chi connectivity index (χ2v) is 5.97. The van der Waals surface area contributed by atoms with Crippen molar-refractivity contribution in [1.29, 1.82) is 0 Å². The first kappa shape index (κ1) is 13.4. The van der Waals surface area contributed by atoms with Gasteiger partial charge in [-0.1, -0.05) is 6.07 Å². The van der Waals surface area contributed by atoms with E-state index in [0.717, 1.165) is 18.7 Å². The van der Waals surface area contributed by atoms with Gasteiger partial charge in [-0.2, -0.15) is 4.31 Å². The van der Waals surface area contributed by atoms with Gasteiger partial charge in [-0.25, -0.2) is 17.2 Å². The summed E-state index contributed by atoms with van der Waals surface area (Å²) in [6.45, 7) is 1.80. The summed E-state index contributed by atoms with van der Waals surface area (Å²) >= 11 is 0. The number of benzene rings is 1. The average Bonchev–Trinajstić information content (AvgIpc) is 2.61. The van der Waals surface area contributed by atoms with E-state index >= 15 is 0 Å². The van der Waals surface area contributed by atoms with Gasteiger partial charge in [0.1, 0.15) is 4.90 Å². The summed E-state index contributed by atoms with van der Waals surface area (Å²) < 4.78 is 52.2. The molecule has 18 heavy (non-hydrogen) atoms. The van der Waals surface area contributed by atoms with Crippen molar-refractivity contribution >= 4 is 10.0 Å². The van der Waals surface area contributed by atoms with Gasteiger partial charge in [-0.3, -0.25) is 0 Å². The minimum Gasteiger partial charge on any atom is -0.315 e. The molecule has 1 aliphatic rings. The molecule has 1 aliphatic heterocycles. The summed E-state index contributed by atoms with van der Waals surface area (Å²) in [6, 6.07) is 3.19. The van der Waals surface area contributed by atoms with Crippen molar-refractivity contribution in [3.8, 4) is 0 Å². The summed E-state index contributed by atoms with van der Waals surface area (Å²) in [5, 5.41) is 3.05. The highest BCUT2D eigenvalue weighted by molar-refractivity contribution is 7.89. The van der Waals surface area contributed by atoms with Gasteiger partial charge in [0.2, 0.25) is 10.0 Å². The van der Waals surface area contributed by atoms with Crippen LogP contribution in [-0.2, 0) is 10.0 Å². The largest absolute Gasteiger partial charge is 0.315 e. The standard InChI is InChI=1S/C11H14F2N2O2S/c12-9-3-1-4-10(11(9)13)18(16,17)15-7-2-5-14-6-8-15/h1,3-4,14H,2,5-8H2. The van der Waals surface area contributed by atoms with E-state index in [9.17, 15) is 17.2 Å². The lowest BCUT2D eigenvalue weighted by molar-refractivity contribution is 0.421. The molecule has 1 aromatic carbocycles. The van der Waals surface area contributed by atoms with E-state index in [-0.39, 0.29) is 6.54 Å². The van der Waals surface area contributed by atoms with E-state index in [0.29, 0.717) is 19.5 Å². The Bertz CT molecular complexity index is 526. The van der Waals surface area contributed by atoms with Crippen molar-refractivity contribution in [2.24, 2.45) is 0 Å². The number of halogens is 2. The minimum absolute atomic E-state index is 0.262. The van der Waals surface area contributed by atoms with Gasteiger partial charge in [0.25, 0.3) is 0 Å². The first-order valence-corrected chi connectivity index (χ1v) is 7.12. The molecule has 1 fully saturated rings. The highest BCUT2D eigenvalue weighted by atomic mass is 32.2. The SMILES string of the molecule is O=S(=O)(c1cccc(F)c1F)N1CCCNCC1. The molecular weight excluding hydrogens is 262 g/mol. The number of sulfonamides is 1. The molecule has 0 saturated carbocycles. The van der Waals surface area contributed by atoms with Crippen LogP contribution in [0.2, 0.25) is 0 Å². The van der Waals surface area contributed by atoms with Gasteiger partial charge in [0.15, 0.2) is 11.6 Å². The monoisotopic (exact) mass is 276 g/mol. The van der Waals surface area contributed by atoms with E-state index in [1.807, 2.05) is 0 Å². The molecule has 0 aromatic heterocycles. The smallest absolute Gasteiger partial charge is 0.246 e. The summed E-state index contributed by atoms with van der Waals surface area (Å²) in [6.07, 6.45) is 0.649. The van der Waals surface area contributed by atoms with E-state index in [1.165, 1.54) is 10.4 Å². The van der Waals surface area contributed by atoms with Crippen LogP contribution in [-0.4, -0.2) is 38.9 Å². The molecule has 1 N–H and O–H groups in total. The molecule has 0 radical (unpaired) electrons. The molecule has 0 atom stereocenters. The normalized spacial score (nSPS) is 18.6. The van der Waals surface area contributed by atoms with E-state index in [4.69, 9.17) is 0 Å². The molecule has 100 valence electrons. The topological polar surface area (TPSA) is 49.4 Å². The molecular formula is C11H14F2N2O2S. The third-order valence-electron chi connectivity index (χ3n) is 2.83. The lowest BCUT2D eigenvalue weighted by atomic mass is 10.3. The highest BCUT2D eigenvalue weighted by Gasteiger charge is 2.28. The maximum absolute atomic E-state index is 13.6. The van der Waals surface area contributed by atoms with Crippen LogP contribution in [0.4, 0.5) is 8.78 Å². The molecule has 1 heterocycles. The van der Waals surface area contributed by atoms with Crippen LogP contribution in [0.25, 0.3) is 0 Å². The Morgan fingerprint density at radius 2 is 1.94 bits per heavy atom. The van der Waals surface area contributed by atoms with E-state index in [2.05, 4.69) is 5.32 Å². The molecule has 7 heteroatoms. The van der Waals surface area contributed by atoms with Gasteiger partial charge in [0, 0.05) is 19.6 Å². The third-order valence-corrected chi connectivity index (χ3v) is 4.75. The zero-order valence-corrected chi connectivity index (χ0v) is 10.5. The predicted octanol–water partition coefficient (Wildman–Crippen LogP) is 0.949. The van der Waals surface area contributed by atoms with Gasteiger partial charge in [0.05, 0.1) is 0 Å².